The smallest absolute Gasteiger partial charge is 0.407 e. The third kappa shape index (κ3) is 3.39. The van der Waals surface area contributed by atoms with E-state index in [4.69, 9.17) is 4.74 Å². The van der Waals surface area contributed by atoms with Gasteiger partial charge >= 0.3 is 12.1 Å². The van der Waals surface area contributed by atoms with Gasteiger partial charge in [-0.1, -0.05) is 48.5 Å². The number of aliphatic hydroxyl groups is 1. The van der Waals surface area contributed by atoms with Crippen LogP contribution < -0.4 is 5.32 Å². The maximum atomic E-state index is 12.8. The molecule has 130 valence electrons. The van der Waals surface area contributed by atoms with Crippen LogP contribution in [0.2, 0.25) is 0 Å². The molecule has 0 bridgehead atoms. The van der Waals surface area contributed by atoms with E-state index in [-0.39, 0.29) is 12.5 Å². The number of nitrogens with one attached hydrogen (secondary N) is 1. The van der Waals surface area contributed by atoms with Crippen LogP contribution in [-0.4, -0.2) is 36.0 Å². The number of rotatable bonds is 5. The second kappa shape index (κ2) is 7.03. The summed E-state index contributed by atoms with van der Waals surface area (Å²) in [5, 5.41) is 11.4. The minimum atomic E-state index is -1.82. The summed E-state index contributed by atoms with van der Waals surface area (Å²) >= 11 is 0. The van der Waals surface area contributed by atoms with Gasteiger partial charge in [0.05, 0.1) is 6.10 Å². The first kappa shape index (κ1) is 17.1. The second-order valence-electron chi connectivity index (χ2n) is 5.99. The highest BCUT2D eigenvalue weighted by Gasteiger charge is 2.30. The normalized spacial score (nSPS) is 15.0. The predicted octanol–water partition coefficient (Wildman–Crippen LogP) is 2.77. The van der Waals surface area contributed by atoms with Crippen LogP contribution in [0.25, 0.3) is 11.1 Å². The Labute approximate surface area is 144 Å². The molecule has 0 saturated carbocycles. The SMILES string of the molecule is C[C@@H](O)[C@H](NC(=O)OCC1c2ccccc2-c2ccccc21)C(=O)F. The van der Waals surface area contributed by atoms with E-state index in [1.54, 1.807) is 0 Å². The van der Waals surface area contributed by atoms with Gasteiger partial charge in [-0.15, -0.1) is 0 Å². The van der Waals surface area contributed by atoms with E-state index in [0.717, 1.165) is 22.3 Å². The van der Waals surface area contributed by atoms with Crippen LogP contribution in [0.15, 0.2) is 48.5 Å². The summed E-state index contributed by atoms with van der Waals surface area (Å²) in [6, 6.07) is 12.3. The lowest BCUT2D eigenvalue weighted by Gasteiger charge is -2.18. The van der Waals surface area contributed by atoms with Gasteiger partial charge in [0.25, 0.3) is 0 Å². The Morgan fingerprint density at radius 2 is 1.64 bits per heavy atom. The zero-order valence-corrected chi connectivity index (χ0v) is 13.6. The Hall–Kier alpha value is -2.73. The second-order valence-corrected chi connectivity index (χ2v) is 5.99. The molecular weight excluding hydrogens is 325 g/mol. The van der Waals surface area contributed by atoms with E-state index in [0.29, 0.717) is 0 Å². The van der Waals surface area contributed by atoms with Crippen LogP contribution in [0.5, 0.6) is 0 Å². The maximum absolute atomic E-state index is 12.8. The molecule has 2 aromatic carbocycles. The number of carbonyl (C=O) groups excluding carboxylic acids is 2. The number of benzene rings is 2. The molecule has 0 fully saturated rings. The summed E-state index contributed by atoms with van der Waals surface area (Å²) in [7, 11) is 0. The average molecular weight is 343 g/mol. The van der Waals surface area contributed by atoms with Crippen molar-refractivity contribution in [3.05, 3.63) is 59.7 Å². The fourth-order valence-electron chi connectivity index (χ4n) is 3.13. The molecule has 2 atom stereocenters. The van der Waals surface area contributed by atoms with Gasteiger partial charge in [0, 0.05) is 5.92 Å². The molecule has 5 nitrogen and oxygen atoms in total. The van der Waals surface area contributed by atoms with E-state index in [1.165, 1.54) is 6.92 Å². The van der Waals surface area contributed by atoms with Crippen molar-refractivity contribution in [3.8, 4) is 11.1 Å². The highest BCUT2D eigenvalue weighted by Crippen LogP contribution is 2.44. The lowest BCUT2D eigenvalue weighted by Crippen LogP contribution is -2.46. The Bertz CT molecular complexity index is 760. The Kier molecular flexibility index (Phi) is 4.81. The lowest BCUT2D eigenvalue weighted by atomic mass is 9.98. The molecule has 1 aliphatic rings. The van der Waals surface area contributed by atoms with Gasteiger partial charge in [-0.3, -0.25) is 4.79 Å². The molecule has 0 unspecified atom stereocenters. The third-order valence-corrected chi connectivity index (χ3v) is 4.34. The predicted molar refractivity (Wildman–Crippen MR) is 89.8 cm³/mol. The monoisotopic (exact) mass is 343 g/mol. The standard InChI is InChI=1S/C19H18FNO4/c1-11(22)17(18(20)23)21-19(24)25-10-16-14-8-4-2-6-12(14)13-7-3-5-9-15(13)16/h2-9,11,16-17,22H,10H2,1H3,(H,21,24)/t11-,17+/m1/s1. The van der Waals surface area contributed by atoms with Crippen molar-refractivity contribution in [1.82, 2.24) is 5.32 Å². The van der Waals surface area contributed by atoms with Crippen molar-refractivity contribution >= 4 is 12.1 Å². The molecule has 3 rings (SSSR count). The maximum Gasteiger partial charge on any atom is 0.407 e. The van der Waals surface area contributed by atoms with Crippen molar-refractivity contribution in [3.63, 3.8) is 0 Å². The molecule has 0 saturated heterocycles. The van der Waals surface area contributed by atoms with Crippen LogP contribution in [-0.2, 0) is 9.53 Å². The molecule has 0 aliphatic heterocycles. The summed E-state index contributed by atoms with van der Waals surface area (Å²) in [5.41, 5.74) is 4.27. The minimum absolute atomic E-state index is 0.0485. The number of fused-ring (bicyclic) bond motifs is 3. The van der Waals surface area contributed by atoms with Crippen molar-refractivity contribution in [1.29, 1.82) is 0 Å². The molecule has 25 heavy (non-hydrogen) atoms. The molecule has 1 aliphatic carbocycles. The van der Waals surface area contributed by atoms with Crippen molar-refractivity contribution in [2.24, 2.45) is 0 Å². The summed E-state index contributed by atoms with van der Waals surface area (Å²) in [5.74, 6) is -0.135. The molecular formula is C19H18FNO4. The van der Waals surface area contributed by atoms with E-state index < -0.39 is 24.3 Å². The fourth-order valence-corrected chi connectivity index (χ4v) is 3.13. The van der Waals surface area contributed by atoms with Gasteiger partial charge in [-0.25, -0.2) is 4.79 Å². The van der Waals surface area contributed by atoms with Crippen LogP contribution >= 0.6 is 0 Å². The first-order valence-corrected chi connectivity index (χ1v) is 7.98. The number of alkyl carbamates (subject to hydrolysis) is 1. The number of aliphatic hydroxyl groups excluding tert-OH is 1. The highest BCUT2D eigenvalue weighted by molar-refractivity contribution is 5.81. The third-order valence-electron chi connectivity index (χ3n) is 4.34. The van der Waals surface area contributed by atoms with E-state index in [9.17, 15) is 19.1 Å². The summed E-state index contributed by atoms with van der Waals surface area (Å²) < 4.78 is 18.0. The van der Waals surface area contributed by atoms with Gasteiger partial charge in [0.1, 0.15) is 12.6 Å². The van der Waals surface area contributed by atoms with Gasteiger partial charge in [0.2, 0.25) is 0 Å². The van der Waals surface area contributed by atoms with Gasteiger partial charge in [-0.2, -0.15) is 4.39 Å². The van der Waals surface area contributed by atoms with Gasteiger partial charge in [-0.05, 0) is 29.2 Å². The zero-order valence-electron chi connectivity index (χ0n) is 13.6. The number of amides is 1. The van der Waals surface area contributed by atoms with Crippen molar-refractivity contribution in [2.45, 2.75) is 25.0 Å². The summed E-state index contributed by atoms with van der Waals surface area (Å²) in [6.07, 6.45) is -2.29. The Morgan fingerprint density at radius 1 is 1.12 bits per heavy atom. The molecule has 2 aromatic rings. The molecule has 2 N–H and O–H groups in total. The number of hydrogen-bond acceptors (Lipinski definition) is 4. The molecule has 6 heteroatoms. The van der Waals surface area contributed by atoms with Crippen molar-refractivity contribution < 1.29 is 23.8 Å². The Balaban J connectivity index is 1.73. The van der Waals surface area contributed by atoms with Gasteiger partial charge in [0.15, 0.2) is 0 Å². The Morgan fingerprint density at radius 3 is 2.12 bits per heavy atom. The van der Waals surface area contributed by atoms with Gasteiger partial charge < -0.3 is 15.2 Å². The molecule has 0 aromatic heterocycles. The molecule has 1 amide bonds. The largest absolute Gasteiger partial charge is 0.449 e. The molecule has 0 heterocycles. The van der Waals surface area contributed by atoms with Crippen molar-refractivity contribution in [2.75, 3.05) is 6.61 Å². The number of halogens is 1. The minimum Gasteiger partial charge on any atom is -0.449 e. The quantitative estimate of drug-likeness (QED) is 0.819. The summed E-state index contributed by atoms with van der Waals surface area (Å²) in [6.45, 7) is 1.26. The first-order chi connectivity index (χ1) is 12.0. The lowest BCUT2D eigenvalue weighted by molar-refractivity contribution is -0.133. The van der Waals surface area contributed by atoms with E-state index in [1.807, 2.05) is 48.5 Å². The van der Waals surface area contributed by atoms with Crippen LogP contribution in [0.4, 0.5) is 9.18 Å². The number of ether oxygens (including phenoxy) is 1. The topological polar surface area (TPSA) is 75.6 Å². The van der Waals surface area contributed by atoms with Crippen LogP contribution in [0.1, 0.15) is 24.0 Å². The fraction of sp³-hybridized carbons (Fsp3) is 0.263. The first-order valence-electron chi connectivity index (χ1n) is 7.98. The number of carbonyl (C=O) groups is 2. The molecule has 0 radical (unpaired) electrons. The van der Waals surface area contributed by atoms with E-state index >= 15 is 0 Å². The van der Waals surface area contributed by atoms with E-state index in [2.05, 4.69) is 5.32 Å². The number of hydrogen-bond donors (Lipinski definition) is 2. The average Bonchev–Trinajstić information content (AvgIpc) is 2.91. The van der Waals surface area contributed by atoms with Crippen LogP contribution in [0.3, 0.4) is 0 Å². The molecule has 0 spiro atoms. The highest BCUT2D eigenvalue weighted by atomic mass is 19.1. The zero-order chi connectivity index (χ0) is 18.0. The summed E-state index contributed by atoms with van der Waals surface area (Å²) in [4.78, 5) is 22.7. The van der Waals surface area contributed by atoms with Crippen LogP contribution in [0, 0.1) is 0 Å².